The third-order valence-corrected chi connectivity index (χ3v) is 4.65. The maximum Gasteiger partial charge on any atom is 0.319 e. The molecule has 0 unspecified atom stereocenters. The highest BCUT2D eigenvalue weighted by atomic mass is 16.2. The molecule has 0 aliphatic heterocycles. The number of fused-ring (bicyclic) bond motifs is 1. The largest absolute Gasteiger partial charge is 0.359 e. The van der Waals surface area contributed by atoms with E-state index in [9.17, 15) is 4.79 Å². The lowest BCUT2D eigenvalue weighted by molar-refractivity contribution is 0.252. The number of carbonyl (C=O) groups excluding carboxylic acids is 1. The zero-order valence-electron chi connectivity index (χ0n) is 15.6. The van der Waals surface area contributed by atoms with Gasteiger partial charge in [0.2, 0.25) is 0 Å². The number of aromatic amines is 1. The second-order valence-electron chi connectivity index (χ2n) is 6.81. The van der Waals surface area contributed by atoms with E-state index in [1.165, 1.54) is 57.8 Å². The fraction of sp³-hybridized carbons (Fsp3) is 0.571. The number of unbranched alkanes of at least 4 members (excludes halogenated alkanes) is 9. The fourth-order valence-corrected chi connectivity index (χ4v) is 3.16. The van der Waals surface area contributed by atoms with E-state index in [0.717, 1.165) is 29.6 Å². The van der Waals surface area contributed by atoms with Crippen molar-refractivity contribution in [3.8, 4) is 0 Å². The van der Waals surface area contributed by atoms with E-state index in [-0.39, 0.29) is 6.03 Å². The molecule has 0 radical (unpaired) electrons. The minimum absolute atomic E-state index is 0.124. The molecule has 0 aliphatic carbocycles. The van der Waals surface area contributed by atoms with E-state index in [0.29, 0.717) is 0 Å². The molecule has 1 heterocycles. The summed E-state index contributed by atoms with van der Waals surface area (Å²) in [4.78, 5) is 15.1. The average molecular weight is 344 g/mol. The summed E-state index contributed by atoms with van der Waals surface area (Å²) in [5.41, 5.74) is 1.86. The number of hydrogen-bond donors (Lipinski definition) is 3. The molecule has 3 N–H and O–H groups in total. The van der Waals surface area contributed by atoms with Gasteiger partial charge >= 0.3 is 6.03 Å². The molecule has 0 saturated carbocycles. The SMILES string of the molecule is CCCCCCCCCCCCNC(=O)Nc1c[nH]c2ccccc12. The van der Waals surface area contributed by atoms with Crippen LogP contribution in [0.3, 0.4) is 0 Å². The molecule has 0 aliphatic rings. The fourth-order valence-electron chi connectivity index (χ4n) is 3.16. The van der Waals surface area contributed by atoms with E-state index in [4.69, 9.17) is 0 Å². The van der Waals surface area contributed by atoms with Gasteiger partial charge in [0.25, 0.3) is 0 Å². The molecule has 2 amide bonds. The third-order valence-electron chi connectivity index (χ3n) is 4.65. The summed E-state index contributed by atoms with van der Waals surface area (Å²) in [6.45, 7) is 3.00. The molecule has 0 saturated heterocycles. The van der Waals surface area contributed by atoms with Gasteiger partial charge in [-0.15, -0.1) is 0 Å². The Labute approximate surface area is 151 Å². The number of para-hydroxylation sites is 1. The van der Waals surface area contributed by atoms with Crippen LogP contribution in [0.15, 0.2) is 30.5 Å². The van der Waals surface area contributed by atoms with Crippen LogP contribution in [-0.2, 0) is 0 Å². The number of urea groups is 1. The van der Waals surface area contributed by atoms with E-state index in [1.807, 2.05) is 30.5 Å². The van der Waals surface area contributed by atoms with Crippen LogP contribution >= 0.6 is 0 Å². The molecule has 0 bridgehead atoms. The van der Waals surface area contributed by atoms with Crippen LogP contribution in [-0.4, -0.2) is 17.6 Å². The highest BCUT2D eigenvalue weighted by Gasteiger charge is 2.06. The van der Waals surface area contributed by atoms with E-state index >= 15 is 0 Å². The van der Waals surface area contributed by atoms with Crippen molar-refractivity contribution in [3.63, 3.8) is 0 Å². The number of benzene rings is 1. The number of rotatable bonds is 12. The number of anilines is 1. The summed E-state index contributed by atoms with van der Waals surface area (Å²) < 4.78 is 0. The van der Waals surface area contributed by atoms with Crippen LogP contribution < -0.4 is 10.6 Å². The summed E-state index contributed by atoms with van der Waals surface area (Å²) >= 11 is 0. The molecular weight excluding hydrogens is 310 g/mol. The Balaban J connectivity index is 1.49. The number of carbonyl (C=O) groups is 1. The van der Waals surface area contributed by atoms with Gasteiger partial charge in [0.1, 0.15) is 0 Å². The monoisotopic (exact) mass is 343 g/mol. The lowest BCUT2D eigenvalue weighted by Crippen LogP contribution is -2.29. The zero-order valence-corrected chi connectivity index (χ0v) is 15.6. The van der Waals surface area contributed by atoms with Crippen molar-refractivity contribution >= 4 is 22.6 Å². The van der Waals surface area contributed by atoms with Gasteiger partial charge in [-0.2, -0.15) is 0 Å². The first kappa shape index (κ1) is 19.4. The Morgan fingerprint density at radius 1 is 0.920 bits per heavy atom. The van der Waals surface area contributed by atoms with Gasteiger partial charge in [-0.05, 0) is 12.5 Å². The second-order valence-corrected chi connectivity index (χ2v) is 6.81. The Bertz CT molecular complexity index is 620. The van der Waals surface area contributed by atoms with Crippen molar-refractivity contribution < 1.29 is 4.79 Å². The molecule has 25 heavy (non-hydrogen) atoms. The average Bonchev–Trinajstić information content (AvgIpc) is 3.03. The smallest absolute Gasteiger partial charge is 0.319 e. The molecule has 0 spiro atoms. The van der Waals surface area contributed by atoms with Crippen molar-refractivity contribution in [1.82, 2.24) is 10.3 Å². The van der Waals surface area contributed by atoms with Crippen LogP contribution in [0, 0.1) is 0 Å². The summed E-state index contributed by atoms with van der Waals surface area (Å²) in [5.74, 6) is 0. The molecule has 138 valence electrons. The topological polar surface area (TPSA) is 56.9 Å². The van der Waals surface area contributed by atoms with Crippen molar-refractivity contribution in [3.05, 3.63) is 30.5 Å². The molecule has 4 heteroatoms. The maximum atomic E-state index is 12.0. The maximum absolute atomic E-state index is 12.0. The predicted molar refractivity (Wildman–Crippen MR) is 107 cm³/mol. The zero-order chi connectivity index (χ0) is 17.7. The third kappa shape index (κ3) is 7.20. The second kappa shape index (κ2) is 11.6. The van der Waals surface area contributed by atoms with Gasteiger partial charge in [0.05, 0.1) is 5.69 Å². The lowest BCUT2D eigenvalue weighted by atomic mass is 10.1. The van der Waals surface area contributed by atoms with Crippen LogP contribution in [0.25, 0.3) is 10.9 Å². The number of amides is 2. The summed E-state index contributed by atoms with van der Waals surface area (Å²) in [6.07, 6.45) is 14.9. The first-order chi connectivity index (χ1) is 12.3. The number of nitrogens with one attached hydrogen (secondary N) is 3. The van der Waals surface area contributed by atoms with Crippen molar-refractivity contribution in [2.75, 3.05) is 11.9 Å². The molecule has 2 aromatic rings. The Kier molecular flexibility index (Phi) is 8.95. The van der Waals surface area contributed by atoms with Gasteiger partial charge in [-0.3, -0.25) is 0 Å². The van der Waals surface area contributed by atoms with E-state index < -0.39 is 0 Å². The highest BCUT2D eigenvalue weighted by Crippen LogP contribution is 2.22. The van der Waals surface area contributed by atoms with E-state index in [1.54, 1.807) is 0 Å². The van der Waals surface area contributed by atoms with Crippen LogP contribution in [0.1, 0.15) is 71.1 Å². The Hall–Kier alpha value is -1.97. The van der Waals surface area contributed by atoms with Crippen LogP contribution in [0.4, 0.5) is 10.5 Å². The first-order valence-corrected chi connectivity index (χ1v) is 9.92. The van der Waals surface area contributed by atoms with Crippen LogP contribution in [0.5, 0.6) is 0 Å². The lowest BCUT2D eigenvalue weighted by Gasteiger charge is -2.07. The van der Waals surface area contributed by atoms with Crippen molar-refractivity contribution in [1.29, 1.82) is 0 Å². The minimum atomic E-state index is -0.124. The molecule has 1 aromatic heterocycles. The molecular formula is C21H33N3O. The van der Waals surface area contributed by atoms with Gasteiger partial charge in [-0.1, -0.05) is 82.9 Å². The molecule has 1 aromatic carbocycles. The molecule has 4 nitrogen and oxygen atoms in total. The van der Waals surface area contributed by atoms with E-state index in [2.05, 4.69) is 22.5 Å². The molecule has 2 rings (SSSR count). The number of hydrogen-bond acceptors (Lipinski definition) is 1. The number of aromatic nitrogens is 1. The van der Waals surface area contributed by atoms with Crippen molar-refractivity contribution in [2.24, 2.45) is 0 Å². The normalized spacial score (nSPS) is 10.9. The highest BCUT2D eigenvalue weighted by molar-refractivity contribution is 6.00. The summed E-state index contributed by atoms with van der Waals surface area (Å²) in [6, 6.07) is 7.84. The molecule has 0 fully saturated rings. The standard InChI is InChI=1S/C21H33N3O/c1-2-3-4-5-6-7-8-9-10-13-16-22-21(25)24-20-17-23-19-15-12-11-14-18(19)20/h11-12,14-15,17,23H,2-10,13,16H2,1H3,(H2,22,24,25). The van der Waals surface area contributed by atoms with Gasteiger partial charge in [-0.25, -0.2) is 4.79 Å². The summed E-state index contributed by atoms with van der Waals surface area (Å²) in [5, 5.41) is 6.90. The molecule has 0 atom stereocenters. The quantitative estimate of drug-likeness (QED) is 0.394. The Morgan fingerprint density at radius 2 is 1.56 bits per heavy atom. The summed E-state index contributed by atoms with van der Waals surface area (Å²) in [7, 11) is 0. The van der Waals surface area contributed by atoms with Gasteiger partial charge < -0.3 is 15.6 Å². The first-order valence-electron chi connectivity index (χ1n) is 9.92. The predicted octanol–water partition coefficient (Wildman–Crippen LogP) is 6.21. The minimum Gasteiger partial charge on any atom is -0.359 e. The van der Waals surface area contributed by atoms with Crippen LogP contribution in [0.2, 0.25) is 0 Å². The number of H-pyrrole nitrogens is 1. The van der Waals surface area contributed by atoms with Crippen molar-refractivity contribution in [2.45, 2.75) is 71.1 Å². The van der Waals surface area contributed by atoms with Gasteiger partial charge in [0.15, 0.2) is 0 Å². The Morgan fingerprint density at radius 3 is 2.28 bits per heavy atom. The van der Waals surface area contributed by atoms with Gasteiger partial charge in [0, 0.05) is 23.6 Å².